The molecule has 0 saturated heterocycles. The first-order valence-corrected chi connectivity index (χ1v) is 20.9. The number of anilines is 4. The molecule has 280 valence electrons. The minimum absolute atomic E-state index is 0.0395. The average molecular weight is 815 g/mol. The van der Waals surface area contributed by atoms with Crippen LogP contribution in [0.5, 0.6) is 11.5 Å². The Morgan fingerprint density at radius 2 is 0.852 bits per heavy atom. The van der Waals surface area contributed by atoms with E-state index in [1.54, 1.807) is 0 Å². The third-order valence-corrected chi connectivity index (χ3v) is 12.3. The van der Waals surface area contributed by atoms with Crippen LogP contribution in [0.25, 0.3) is 21.5 Å². The highest BCUT2D eigenvalue weighted by atomic mass is 32.2. The summed E-state index contributed by atoms with van der Waals surface area (Å²) in [6.45, 7) is 0. The lowest BCUT2D eigenvalue weighted by atomic mass is 10.1. The highest BCUT2D eigenvalue weighted by molar-refractivity contribution is 7.93. The number of phenolic OH excluding ortho intramolecular Hbond substituents is 2. The second kappa shape index (κ2) is 13.8. The fourth-order valence-corrected chi connectivity index (χ4v) is 8.71. The number of phenols is 2. The Hall–Kier alpha value is -5.97. The summed E-state index contributed by atoms with van der Waals surface area (Å²) < 4.78 is 122. The number of nitrogens with one attached hydrogen (secondary N) is 4. The van der Waals surface area contributed by atoms with E-state index in [4.69, 9.17) is 0 Å². The largest absolute Gasteiger partial charge is 0.506 e. The quantitative estimate of drug-likeness (QED) is 0.0833. The zero-order valence-electron chi connectivity index (χ0n) is 27.0. The maximum atomic E-state index is 13.2. The molecule has 0 heterocycles. The monoisotopic (exact) mass is 814 g/mol. The van der Waals surface area contributed by atoms with E-state index in [9.17, 15) is 57.8 Å². The second-order valence-corrected chi connectivity index (χ2v) is 17.6. The van der Waals surface area contributed by atoms with E-state index in [-0.39, 0.29) is 54.1 Å². The molecule has 0 aromatic heterocycles. The van der Waals surface area contributed by atoms with Crippen molar-refractivity contribution in [1.29, 1.82) is 0 Å². The SMILES string of the molecule is O=C(Nc1cccc(S(=O)(=O)Nc2ccc3c(O)c(S(=O)(=O)O)ccc3c2)c1)Nc1cccc(S(=O)(=O)Nc2ccc3c(O)c(S(=O)(=O)O)ccc3c2)c1. The van der Waals surface area contributed by atoms with Crippen molar-refractivity contribution in [3.8, 4) is 11.5 Å². The highest BCUT2D eigenvalue weighted by Crippen LogP contribution is 2.35. The van der Waals surface area contributed by atoms with Gasteiger partial charge in [-0.15, -0.1) is 0 Å². The van der Waals surface area contributed by atoms with Gasteiger partial charge in [0.1, 0.15) is 21.3 Å². The number of amides is 2. The van der Waals surface area contributed by atoms with Crippen LogP contribution >= 0.6 is 0 Å². The molecule has 0 aliphatic rings. The van der Waals surface area contributed by atoms with Crippen LogP contribution in [-0.4, -0.2) is 59.0 Å². The Balaban J connectivity index is 1.13. The zero-order chi connectivity index (χ0) is 39.2. The molecule has 6 aromatic carbocycles. The molecule has 0 saturated carbocycles. The molecule has 6 aromatic rings. The number of fused-ring (bicyclic) bond motifs is 2. The molecule has 0 atom stereocenters. The normalized spacial score (nSPS) is 12.3. The zero-order valence-corrected chi connectivity index (χ0v) is 30.3. The van der Waals surface area contributed by atoms with E-state index in [0.29, 0.717) is 0 Å². The fraction of sp³-hybridized carbons (Fsp3) is 0. The van der Waals surface area contributed by atoms with Crippen molar-refractivity contribution in [2.75, 3.05) is 20.1 Å². The van der Waals surface area contributed by atoms with Gasteiger partial charge in [0.25, 0.3) is 40.3 Å². The van der Waals surface area contributed by atoms with E-state index < -0.39 is 67.6 Å². The van der Waals surface area contributed by atoms with Gasteiger partial charge in [-0.05, 0) is 95.7 Å². The van der Waals surface area contributed by atoms with Gasteiger partial charge in [0.15, 0.2) is 0 Å². The minimum Gasteiger partial charge on any atom is -0.506 e. The van der Waals surface area contributed by atoms with Crippen LogP contribution in [0.2, 0.25) is 0 Å². The molecule has 17 nitrogen and oxygen atoms in total. The number of aromatic hydroxyl groups is 2. The van der Waals surface area contributed by atoms with Crippen molar-refractivity contribution < 1.29 is 57.8 Å². The van der Waals surface area contributed by atoms with Crippen molar-refractivity contribution in [2.45, 2.75) is 19.6 Å². The summed E-state index contributed by atoms with van der Waals surface area (Å²) in [5, 5.41) is 26.1. The summed E-state index contributed by atoms with van der Waals surface area (Å²) >= 11 is 0. The first kappa shape index (κ1) is 37.8. The molecule has 6 rings (SSSR count). The number of sulfonamides is 2. The average Bonchev–Trinajstić information content (AvgIpc) is 3.07. The van der Waals surface area contributed by atoms with Crippen LogP contribution in [0.15, 0.2) is 129 Å². The Morgan fingerprint density at radius 1 is 0.463 bits per heavy atom. The Kier molecular flexibility index (Phi) is 9.64. The lowest BCUT2D eigenvalue weighted by molar-refractivity contribution is 0.262. The van der Waals surface area contributed by atoms with E-state index in [2.05, 4.69) is 20.1 Å². The maximum absolute atomic E-state index is 13.2. The van der Waals surface area contributed by atoms with Crippen LogP contribution in [0.3, 0.4) is 0 Å². The number of rotatable bonds is 10. The van der Waals surface area contributed by atoms with Crippen LogP contribution < -0.4 is 20.1 Å². The number of carbonyl (C=O) groups excluding carboxylic acids is 1. The van der Waals surface area contributed by atoms with Gasteiger partial charge in [0, 0.05) is 33.5 Å². The predicted molar refractivity (Wildman–Crippen MR) is 198 cm³/mol. The molecule has 0 fully saturated rings. The molecule has 0 aliphatic carbocycles. The van der Waals surface area contributed by atoms with E-state index in [1.807, 2.05) is 0 Å². The molecule has 0 radical (unpaired) electrons. The van der Waals surface area contributed by atoms with E-state index in [0.717, 1.165) is 24.3 Å². The van der Waals surface area contributed by atoms with Gasteiger partial charge in [-0.1, -0.05) is 24.3 Å². The van der Waals surface area contributed by atoms with Gasteiger partial charge in [-0.2, -0.15) is 16.8 Å². The first-order valence-electron chi connectivity index (χ1n) is 15.0. The van der Waals surface area contributed by atoms with Crippen LogP contribution in [0.1, 0.15) is 0 Å². The van der Waals surface area contributed by atoms with Gasteiger partial charge in [0.2, 0.25) is 0 Å². The molecule has 0 spiro atoms. The molecule has 54 heavy (non-hydrogen) atoms. The van der Waals surface area contributed by atoms with Crippen molar-refractivity contribution in [2.24, 2.45) is 0 Å². The van der Waals surface area contributed by atoms with Gasteiger partial charge >= 0.3 is 6.03 Å². The van der Waals surface area contributed by atoms with Crippen molar-refractivity contribution >= 4 is 90.6 Å². The topological polar surface area (TPSA) is 283 Å². The number of hydrogen-bond acceptors (Lipinski definition) is 11. The van der Waals surface area contributed by atoms with Gasteiger partial charge in [0.05, 0.1) is 9.79 Å². The summed E-state index contributed by atoms with van der Waals surface area (Å²) in [7, 11) is -17.9. The van der Waals surface area contributed by atoms with Crippen LogP contribution in [0, 0.1) is 0 Å². The predicted octanol–water partition coefficient (Wildman–Crippen LogP) is 5.14. The third-order valence-electron chi connectivity index (χ3n) is 7.77. The minimum atomic E-state index is -4.71. The summed E-state index contributed by atoms with van der Waals surface area (Å²) in [6.07, 6.45) is 0. The molecule has 2 amide bonds. The molecule has 21 heteroatoms. The first-order chi connectivity index (χ1) is 25.2. The van der Waals surface area contributed by atoms with Crippen LogP contribution in [-0.2, 0) is 40.3 Å². The van der Waals surface area contributed by atoms with Crippen molar-refractivity contribution in [1.82, 2.24) is 0 Å². The Morgan fingerprint density at radius 3 is 1.22 bits per heavy atom. The summed E-state index contributed by atoms with van der Waals surface area (Å²) in [6, 6.07) is 21.7. The number of urea groups is 1. The van der Waals surface area contributed by atoms with E-state index >= 15 is 0 Å². The van der Waals surface area contributed by atoms with E-state index in [1.165, 1.54) is 84.9 Å². The van der Waals surface area contributed by atoms with Gasteiger partial charge in [-0.25, -0.2) is 21.6 Å². The summed E-state index contributed by atoms with van der Waals surface area (Å²) in [5.74, 6) is -1.42. The lowest BCUT2D eigenvalue weighted by Crippen LogP contribution is -2.20. The molecule has 8 N–H and O–H groups in total. The maximum Gasteiger partial charge on any atom is 0.323 e. The third kappa shape index (κ3) is 8.00. The number of hydrogen-bond donors (Lipinski definition) is 8. The second-order valence-electron chi connectivity index (χ2n) is 11.5. The molecule has 0 unspecified atom stereocenters. The van der Waals surface area contributed by atoms with Gasteiger partial charge in [-0.3, -0.25) is 18.5 Å². The molecule has 0 bridgehead atoms. The van der Waals surface area contributed by atoms with Crippen molar-refractivity contribution in [3.05, 3.63) is 109 Å². The standard InChI is InChI=1S/C33H26N4O13S4/c38-31-27-11-9-23(15-19(27)7-13-29(31)53(45,46)47)36-51(41,42)25-5-1-3-21(17-25)34-33(40)35-22-4-2-6-26(18-22)52(43,44)37-24-10-12-28-20(16-24)8-14-30(32(28)39)54(48,49)50/h1-18,36-39H,(H2,34,35,40)(H,45,46,47)(H,48,49,50). The number of benzene rings is 6. The molecular formula is C33H26N4O13S4. The summed E-state index contributed by atoms with van der Waals surface area (Å²) in [4.78, 5) is 10.9. The van der Waals surface area contributed by atoms with Gasteiger partial charge < -0.3 is 20.8 Å². The Bertz CT molecular complexity index is 2770. The van der Waals surface area contributed by atoms with Crippen LogP contribution in [0.4, 0.5) is 27.5 Å². The number of carbonyl (C=O) groups is 1. The molecule has 0 aliphatic heterocycles. The Labute approximate surface area is 307 Å². The summed E-state index contributed by atoms with van der Waals surface area (Å²) in [5.41, 5.74) is 0.202. The highest BCUT2D eigenvalue weighted by Gasteiger charge is 2.21. The lowest BCUT2D eigenvalue weighted by Gasteiger charge is -2.13. The van der Waals surface area contributed by atoms with Crippen molar-refractivity contribution in [3.63, 3.8) is 0 Å². The molecular weight excluding hydrogens is 789 g/mol. The smallest absolute Gasteiger partial charge is 0.323 e. The fourth-order valence-electron chi connectivity index (χ4n) is 5.33.